The Morgan fingerprint density at radius 3 is 0.840 bits per heavy atom. The van der Waals surface area contributed by atoms with Crippen molar-refractivity contribution in [3.05, 3.63) is 0 Å². The van der Waals surface area contributed by atoms with Gasteiger partial charge in [0.2, 0.25) is 0 Å². The zero-order valence-electron chi connectivity index (χ0n) is 39.0. The Hall–Kier alpha value is -0.240. The van der Waals surface area contributed by atoms with Gasteiger partial charge in [-0.1, -0.05) is 159 Å². The molecule has 0 aliphatic carbocycles. The third kappa shape index (κ3) is 45.8. The zero-order chi connectivity index (χ0) is 42.3. The van der Waals surface area contributed by atoms with E-state index < -0.39 is 5.60 Å². The first kappa shape index (κ1) is 61.8. The first-order chi connectivity index (χ1) is 21.6. The first-order valence-corrected chi connectivity index (χ1v) is 19.6. The molecule has 6 atom stereocenters. The summed E-state index contributed by atoms with van der Waals surface area (Å²) in [5.41, 5.74) is 0.503. The Balaban J connectivity index is -0.000000116. The van der Waals surface area contributed by atoms with Crippen LogP contribution < -0.4 is 0 Å². The maximum absolute atomic E-state index is 9.66. The van der Waals surface area contributed by atoms with Crippen LogP contribution in [0.1, 0.15) is 205 Å². The summed E-state index contributed by atoms with van der Waals surface area (Å²) in [6, 6.07) is 0. The lowest BCUT2D eigenvalue weighted by Crippen LogP contribution is -2.38. The summed E-state index contributed by atoms with van der Waals surface area (Å²) in [5, 5.41) is 54.2. The molecule has 0 fully saturated rings. The van der Waals surface area contributed by atoms with Crippen LogP contribution in [0, 0.1) is 44.3 Å². The van der Waals surface area contributed by atoms with E-state index in [4.69, 9.17) is 20.4 Å². The zero-order valence-corrected chi connectivity index (χ0v) is 39.0. The average Bonchev–Trinajstić information content (AvgIpc) is 2.85. The topological polar surface area (TPSA) is 121 Å². The van der Waals surface area contributed by atoms with Crippen LogP contribution in [-0.2, 0) is 0 Å². The van der Waals surface area contributed by atoms with E-state index in [-0.39, 0.29) is 45.4 Å². The molecule has 50 heavy (non-hydrogen) atoms. The molecule has 0 saturated carbocycles. The minimum absolute atomic E-state index is 0.00174. The summed E-state index contributed by atoms with van der Waals surface area (Å²) in [5.74, 6) is 0.905. The van der Waals surface area contributed by atoms with Gasteiger partial charge in [0.25, 0.3) is 0 Å². The summed E-state index contributed by atoms with van der Waals surface area (Å²) in [6.07, 6.45) is 4.21. The number of hydrogen-bond acceptors (Lipinski definition) is 6. The molecule has 0 saturated heterocycles. The van der Waals surface area contributed by atoms with Crippen molar-refractivity contribution in [1.82, 2.24) is 0 Å². The second-order valence-corrected chi connectivity index (χ2v) is 21.5. The van der Waals surface area contributed by atoms with E-state index >= 15 is 0 Å². The second-order valence-electron chi connectivity index (χ2n) is 21.5. The third-order valence-corrected chi connectivity index (χ3v) is 9.06. The van der Waals surface area contributed by atoms with Gasteiger partial charge in [-0.3, -0.25) is 0 Å². The molecule has 0 aromatic rings. The van der Waals surface area contributed by atoms with Gasteiger partial charge in [0, 0.05) is 13.2 Å². The van der Waals surface area contributed by atoms with Crippen molar-refractivity contribution in [2.45, 2.75) is 229 Å². The highest BCUT2D eigenvalue weighted by Gasteiger charge is 2.32. The van der Waals surface area contributed by atoms with Gasteiger partial charge in [0.1, 0.15) is 0 Å². The van der Waals surface area contributed by atoms with E-state index in [0.717, 1.165) is 32.1 Å². The lowest BCUT2D eigenvalue weighted by molar-refractivity contribution is -0.0440. The molecule has 0 aliphatic rings. The lowest BCUT2D eigenvalue weighted by Gasteiger charge is -2.36. The predicted molar refractivity (Wildman–Crippen MR) is 224 cm³/mol. The highest BCUT2D eigenvalue weighted by Crippen LogP contribution is 2.32. The van der Waals surface area contributed by atoms with Crippen molar-refractivity contribution >= 4 is 0 Å². The fourth-order valence-corrected chi connectivity index (χ4v) is 4.15. The van der Waals surface area contributed by atoms with Crippen LogP contribution in [0.15, 0.2) is 0 Å². The van der Waals surface area contributed by atoms with Gasteiger partial charge in [-0.25, -0.2) is 0 Å². The average molecular weight is 725 g/mol. The standard InChI is InChI=1S/3C8H18O.2C7H16O.C6H14O/c1-7(6-9)5-8(2,3)4;1-6-8(5,9)7(2,3)4;1-5-7(6-9)8(2,3)4;1-6(8)5-7(2,3)4;1-5-6(8)7(2,3)4;1-5(7)6(2,3)4/h7,9H,5-6H2,1-4H3;9H,6H2,1-5H3;7,9H,5-6H2,1-4H3;2*6,8H,5H2,1-4H3;5,7H,1-4H3. The van der Waals surface area contributed by atoms with Gasteiger partial charge in [-0.15, -0.1) is 0 Å². The monoisotopic (exact) mass is 725 g/mol. The van der Waals surface area contributed by atoms with Crippen LogP contribution >= 0.6 is 0 Å². The van der Waals surface area contributed by atoms with E-state index in [0.29, 0.717) is 30.5 Å². The van der Waals surface area contributed by atoms with Gasteiger partial charge in [0.05, 0.1) is 23.9 Å². The molecular formula is C44H100O6. The Labute approximate surface area is 316 Å². The molecule has 0 aromatic heterocycles. The lowest BCUT2D eigenvalue weighted by atomic mass is 9.76. The molecule has 0 radical (unpaired) electrons. The fourth-order valence-electron chi connectivity index (χ4n) is 4.15. The van der Waals surface area contributed by atoms with Crippen LogP contribution in [0.2, 0.25) is 0 Å². The first-order valence-electron chi connectivity index (χ1n) is 19.6. The quantitative estimate of drug-likeness (QED) is 0.155. The molecule has 6 N–H and O–H groups in total. The van der Waals surface area contributed by atoms with Gasteiger partial charge in [0.15, 0.2) is 0 Å². The molecule has 6 unspecified atom stereocenters. The van der Waals surface area contributed by atoms with Crippen LogP contribution in [-0.4, -0.2) is 67.8 Å². The molecule has 0 bridgehead atoms. The number of aliphatic hydroxyl groups is 6. The largest absolute Gasteiger partial charge is 0.396 e. The Kier molecular flexibility index (Phi) is 33.8. The van der Waals surface area contributed by atoms with Crippen LogP contribution in [0.5, 0.6) is 0 Å². The molecule has 0 heterocycles. The summed E-state index contributed by atoms with van der Waals surface area (Å²) in [7, 11) is 0. The van der Waals surface area contributed by atoms with E-state index in [1.807, 2.05) is 69.2 Å². The number of aliphatic hydroxyl groups excluding tert-OH is 5. The van der Waals surface area contributed by atoms with Crippen LogP contribution in [0.3, 0.4) is 0 Å². The molecule has 0 aliphatic heterocycles. The minimum atomic E-state index is -0.521. The molecule has 0 amide bonds. The van der Waals surface area contributed by atoms with Gasteiger partial charge < -0.3 is 30.6 Å². The summed E-state index contributed by atoms with van der Waals surface area (Å²) >= 11 is 0. The van der Waals surface area contributed by atoms with Gasteiger partial charge in [-0.05, 0) is 90.8 Å². The molecule has 0 aromatic carbocycles. The van der Waals surface area contributed by atoms with Gasteiger partial charge >= 0.3 is 0 Å². The highest BCUT2D eigenvalue weighted by molar-refractivity contribution is 4.84. The molecule has 0 rings (SSSR count). The van der Waals surface area contributed by atoms with E-state index in [1.54, 1.807) is 6.92 Å². The van der Waals surface area contributed by atoms with Crippen molar-refractivity contribution in [2.75, 3.05) is 13.2 Å². The van der Waals surface area contributed by atoms with Crippen molar-refractivity contribution in [1.29, 1.82) is 0 Å². The Morgan fingerprint density at radius 2 is 0.820 bits per heavy atom. The number of hydrogen-bond donors (Lipinski definition) is 6. The maximum Gasteiger partial charge on any atom is 0.0665 e. The Morgan fingerprint density at radius 1 is 0.480 bits per heavy atom. The maximum atomic E-state index is 9.66. The normalized spacial score (nSPS) is 16.6. The van der Waals surface area contributed by atoms with Crippen molar-refractivity contribution in [2.24, 2.45) is 44.3 Å². The van der Waals surface area contributed by atoms with E-state index in [2.05, 4.69) is 96.9 Å². The molecule has 6 heteroatoms. The van der Waals surface area contributed by atoms with Crippen LogP contribution in [0.25, 0.3) is 0 Å². The number of rotatable bonds is 7. The van der Waals surface area contributed by atoms with E-state index in [1.165, 1.54) is 0 Å². The summed E-state index contributed by atoms with van der Waals surface area (Å²) in [6.45, 7) is 52.1. The summed E-state index contributed by atoms with van der Waals surface area (Å²) in [4.78, 5) is 0. The summed E-state index contributed by atoms with van der Waals surface area (Å²) < 4.78 is 0. The smallest absolute Gasteiger partial charge is 0.0665 e. The third-order valence-electron chi connectivity index (χ3n) is 9.06. The predicted octanol–water partition coefficient (Wildman–Crippen LogP) is 11.3. The van der Waals surface area contributed by atoms with Crippen molar-refractivity contribution in [3.8, 4) is 0 Å². The van der Waals surface area contributed by atoms with E-state index in [9.17, 15) is 10.2 Å². The molecule has 6 nitrogen and oxygen atoms in total. The highest BCUT2D eigenvalue weighted by atomic mass is 16.3. The second kappa shape index (κ2) is 27.4. The molecular weight excluding hydrogens is 624 g/mol. The SMILES string of the molecule is CC(CO)CC(C)(C)C.CC(O)C(C)(C)C.CC(O)CC(C)(C)C.CCC(C)(O)C(C)(C)C.CCC(CO)C(C)(C)C.CCC(O)C(C)(C)C. The Bertz CT molecular complexity index is 725. The van der Waals surface area contributed by atoms with Crippen molar-refractivity contribution in [3.63, 3.8) is 0 Å². The van der Waals surface area contributed by atoms with Crippen LogP contribution in [0.4, 0.5) is 0 Å². The molecule has 0 spiro atoms. The fraction of sp³-hybridized carbons (Fsp3) is 1.00. The van der Waals surface area contributed by atoms with Gasteiger partial charge in [-0.2, -0.15) is 0 Å². The van der Waals surface area contributed by atoms with Crippen molar-refractivity contribution < 1.29 is 30.6 Å². The minimum Gasteiger partial charge on any atom is -0.396 e. The molecule has 312 valence electrons.